The lowest BCUT2D eigenvalue weighted by Crippen LogP contribution is -2.45. The number of aliphatic hydroxyl groups excluding tert-OH is 2. The molecule has 480 valence electrons. The van der Waals surface area contributed by atoms with Crippen LogP contribution >= 0.6 is 0 Å². The number of aliphatic hydroxyl groups is 2. The molecule has 0 fully saturated rings. The van der Waals surface area contributed by atoms with Gasteiger partial charge >= 0.3 is 0 Å². The van der Waals surface area contributed by atoms with Crippen molar-refractivity contribution in [2.45, 2.75) is 475 Å². The van der Waals surface area contributed by atoms with Crippen LogP contribution in [0.25, 0.3) is 0 Å². The van der Waals surface area contributed by atoms with Crippen LogP contribution in [0.4, 0.5) is 0 Å². The molecule has 0 radical (unpaired) electrons. The Morgan fingerprint density at radius 3 is 0.562 bits per heavy atom. The number of carbonyl (C=O) groups excluding carboxylic acids is 1. The molecule has 2 atom stereocenters. The topological polar surface area (TPSA) is 69.6 Å². The van der Waals surface area contributed by atoms with Gasteiger partial charge in [0.05, 0.1) is 18.8 Å². The zero-order chi connectivity index (χ0) is 57.6. The second-order valence-corrected chi connectivity index (χ2v) is 26.8. The molecule has 4 heteroatoms. The van der Waals surface area contributed by atoms with Crippen molar-refractivity contribution < 1.29 is 15.0 Å². The molecule has 0 bridgehead atoms. The van der Waals surface area contributed by atoms with E-state index in [4.69, 9.17) is 0 Å². The third kappa shape index (κ3) is 68.2. The summed E-state index contributed by atoms with van der Waals surface area (Å²) in [5.41, 5.74) is 0. The Bertz CT molecular complexity index is 1100. The SMILES string of the molecule is CCCCCCCCCCCCCCCCCCCCCCCCCCCCCCCCCCCCCCCCCC(=O)NC(CO)C(O)CCCCCCCCCCCCCCCCCCCCCCCCCCCCCCC. The molecule has 80 heavy (non-hydrogen) atoms. The molecule has 0 heterocycles. The summed E-state index contributed by atoms with van der Waals surface area (Å²) in [6.07, 6.45) is 96.4. The highest BCUT2D eigenvalue weighted by molar-refractivity contribution is 5.76. The molecule has 0 rings (SSSR count). The van der Waals surface area contributed by atoms with Crippen LogP contribution < -0.4 is 5.32 Å². The number of hydrogen-bond acceptors (Lipinski definition) is 3. The first kappa shape index (κ1) is 79.4. The van der Waals surface area contributed by atoms with Crippen LogP contribution in [0.1, 0.15) is 463 Å². The molecule has 0 saturated heterocycles. The molecule has 0 saturated carbocycles. The summed E-state index contributed by atoms with van der Waals surface area (Å²) in [5, 5.41) is 23.5. The third-order valence-corrected chi connectivity index (χ3v) is 18.6. The molecule has 0 aliphatic rings. The van der Waals surface area contributed by atoms with E-state index in [2.05, 4.69) is 19.2 Å². The lowest BCUT2D eigenvalue weighted by molar-refractivity contribution is -0.123. The van der Waals surface area contributed by atoms with Gasteiger partial charge in [-0.1, -0.05) is 444 Å². The maximum Gasteiger partial charge on any atom is 0.220 e. The van der Waals surface area contributed by atoms with E-state index in [0.717, 1.165) is 25.7 Å². The van der Waals surface area contributed by atoms with Crippen molar-refractivity contribution in [3.63, 3.8) is 0 Å². The van der Waals surface area contributed by atoms with Crippen LogP contribution in [0, 0.1) is 0 Å². The average molecular weight is 1130 g/mol. The van der Waals surface area contributed by atoms with Crippen molar-refractivity contribution in [3.8, 4) is 0 Å². The van der Waals surface area contributed by atoms with Crippen molar-refractivity contribution in [3.05, 3.63) is 0 Å². The number of rotatable bonds is 73. The summed E-state index contributed by atoms with van der Waals surface area (Å²) in [6, 6.07) is -0.533. The Balaban J connectivity index is 3.33. The van der Waals surface area contributed by atoms with E-state index >= 15 is 0 Å². The standard InChI is InChI=1S/C76H153NO3/c1-3-5-7-9-11-13-15-17-19-21-23-25-27-29-31-33-34-35-36-37-38-39-40-41-42-44-46-48-50-52-54-56-58-60-62-64-66-68-70-72-76(80)77-74(73-78)75(79)71-69-67-65-63-61-59-57-55-53-51-49-47-45-43-32-30-28-26-24-22-20-18-16-14-12-10-8-6-4-2/h74-75,78-79H,3-73H2,1-2H3,(H,77,80). The Hall–Kier alpha value is -0.610. The van der Waals surface area contributed by atoms with E-state index in [1.165, 1.54) is 411 Å². The van der Waals surface area contributed by atoms with Gasteiger partial charge in [-0.15, -0.1) is 0 Å². The van der Waals surface area contributed by atoms with Gasteiger partial charge in [0.15, 0.2) is 0 Å². The van der Waals surface area contributed by atoms with Gasteiger partial charge in [0.2, 0.25) is 5.91 Å². The molecule has 0 aromatic carbocycles. The fraction of sp³-hybridized carbons (Fsp3) is 0.987. The maximum atomic E-state index is 12.6. The highest BCUT2D eigenvalue weighted by Crippen LogP contribution is 2.21. The summed E-state index contributed by atoms with van der Waals surface area (Å²) in [4.78, 5) is 12.6. The lowest BCUT2D eigenvalue weighted by Gasteiger charge is -2.22. The van der Waals surface area contributed by atoms with E-state index in [9.17, 15) is 15.0 Å². The highest BCUT2D eigenvalue weighted by Gasteiger charge is 2.20. The Morgan fingerprint density at radius 1 is 0.250 bits per heavy atom. The van der Waals surface area contributed by atoms with Crippen molar-refractivity contribution in [1.29, 1.82) is 0 Å². The third-order valence-electron chi connectivity index (χ3n) is 18.6. The number of nitrogens with one attached hydrogen (secondary N) is 1. The van der Waals surface area contributed by atoms with Crippen LogP contribution in [0.15, 0.2) is 0 Å². The molecule has 2 unspecified atom stereocenters. The smallest absolute Gasteiger partial charge is 0.220 e. The number of carbonyl (C=O) groups is 1. The largest absolute Gasteiger partial charge is 0.394 e. The second-order valence-electron chi connectivity index (χ2n) is 26.8. The summed E-state index contributed by atoms with van der Waals surface area (Å²) in [7, 11) is 0. The predicted octanol–water partition coefficient (Wildman–Crippen LogP) is 26.2. The van der Waals surface area contributed by atoms with E-state index in [1.807, 2.05) is 0 Å². The first-order valence-electron chi connectivity index (χ1n) is 38.2. The molecule has 0 aliphatic carbocycles. The summed E-state index contributed by atoms with van der Waals surface area (Å²) in [5.74, 6) is -0.0183. The Labute approximate surface area is 505 Å². The Morgan fingerprint density at radius 2 is 0.400 bits per heavy atom. The summed E-state index contributed by atoms with van der Waals surface area (Å²) < 4.78 is 0. The molecular formula is C76H153NO3. The molecule has 4 nitrogen and oxygen atoms in total. The van der Waals surface area contributed by atoms with Crippen LogP contribution in [0.5, 0.6) is 0 Å². The summed E-state index contributed by atoms with van der Waals surface area (Å²) >= 11 is 0. The molecule has 0 aliphatic heterocycles. The van der Waals surface area contributed by atoms with Gasteiger partial charge < -0.3 is 15.5 Å². The van der Waals surface area contributed by atoms with Crippen molar-refractivity contribution in [2.24, 2.45) is 0 Å². The Kier molecular flexibility index (Phi) is 72.1. The van der Waals surface area contributed by atoms with E-state index in [0.29, 0.717) is 12.8 Å². The number of hydrogen-bond donors (Lipinski definition) is 3. The lowest BCUT2D eigenvalue weighted by atomic mass is 10.0. The molecule has 0 aromatic heterocycles. The van der Waals surface area contributed by atoms with Crippen LogP contribution in [0.3, 0.4) is 0 Å². The van der Waals surface area contributed by atoms with Gasteiger partial charge in [-0.2, -0.15) is 0 Å². The monoisotopic (exact) mass is 1130 g/mol. The first-order valence-corrected chi connectivity index (χ1v) is 38.2. The number of unbranched alkanes of at least 4 members (excludes halogenated alkanes) is 66. The minimum Gasteiger partial charge on any atom is -0.394 e. The molecule has 0 aromatic rings. The van der Waals surface area contributed by atoms with E-state index in [1.54, 1.807) is 0 Å². The van der Waals surface area contributed by atoms with E-state index in [-0.39, 0.29) is 12.5 Å². The second kappa shape index (κ2) is 72.6. The van der Waals surface area contributed by atoms with Crippen molar-refractivity contribution in [2.75, 3.05) is 6.61 Å². The van der Waals surface area contributed by atoms with Gasteiger partial charge in [-0.25, -0.2) is 0 Å². The highest BCUT2D eigenvalue weighted by atomic mass is 16.3. The van der Waals surface area contributed by atoms with Gasteiger partial charge in [0, 0.05) is 6.42 Å². The van der Waals surface area contributed by atoms with Crippen LogP contribution in [0.2, 0.25) is 0 Å². The van der Waals surface area contributed by atoms with Gasteiger partial charge in [-0.05, 0) is 12.8 Å². The first-order chi connectivity index (χ1) is 39.7. The van der Waals surface area contributed by atoms with Gasteiger partial charge in [0.25, 0.3) is 0 Å². The van der Waals surface area contributed by atoms with Crippen molar-refractivity contribution >= 4 is 5.91 Å². The average Bonchev–Trinajstić information content (AvgIpc) is 3.46. The van der Waals surface area contributed by atoms with Crippen LogP contribution in [-0.4, -0.2) is 34.9 Å². The minimum absolute atomic E-state index is 0.0183. The maximum absolute atomic E-state index is 12.6. The molecule has 0 spiro atoms. The van der Waals surface area contributed by atoms with Gasteiger partial charge in [-0.3, -0.25) is 4.79 Å². The minimum atomic E-state index is -0.657. The van der Waals surface area contributed by atoms with Crippen molar-refractivity contribution in [1.82, 2.24) is 5.32 Å². The zero-order valence-corrected chi connectivity index (χ0v) is 55.7. The number of amides is 1. The fourth-order valence-corrected chi connectivity index (χ4v) is 12.8. The normalized spacial score (nSPS) is 12.5. The molecule has 1 amide bonds. The summed E-state index contributed by atoms with van der Waals surface area (Å²) in [6.45, 7) is 4.43. The predicted molar refractivity (Wildman–Crippen MR) is 360 cm³/mol. The van der Waals surface area contributed by atoms with Crippen LogP contribution in [-0.2, 0) is 4.79 Å². The molecular weight excluding hydrogens is 975 g/mol. The van der Waals surface area contributed by atoms with Gasteiger partial charge in [0.1, 0.15) is 0 Å². The fourth-order valence-electron chi connectivity index (χ4n) is 12.8. The molecule has 3 N–H and O–H groups in total. The van der Waals surface area contributed by atoms with E-state index < -0.39 is 12.1 Å². The quantitative estimate of drug-likeness (QED) is 0.0532. The zero-order valence-electron chi connectivity index (χ0n) is 55.7.